The van der Waals surface area contributed by atoms with Crippen LogP contribution < -0.4 is 11.1 Å². The monoisotopic (exact) mass is 346 g/mol. The van der Waals surface area contributed by atoms with Gasteiger partial charge in [0.15, 0.2) is 0 Å². The van der Waals surface area contributed by atoms with Gasteiger partial charge < -0.3 is 16.2 Å². The molecule has 0 spiro atoms. The highest BCUT2D eigenvalue weighted by molar-refractivity contribution is 5.88. The van der Waals surface area contributed by atoms with Crippen LogP contribution in [0.4, 0.5) is 13.2 Å². The first-order valence-electron chi connectivity index (χ1n) is 7.45. The topological polar surface area (TPSA) is 92.4 Å². The molecule has 134 valence electrons. The molecule has 0 fully saturated rings. The number of alkyl halides is 3. The second-order valence-electron chi connectivity index (χ2n) is 5.97. The summed E-state index contributed by atoms with van der Waals surface area (Å²) in [4.78, 5) is 23.4. The third-order valence-corrected chi connectivity index (χ3v) is 3.40. The van der Waals surface area contributed by atoms with E-state index in [-0.39, 0.29) is 17.9 Å². The number of aliphatic hydroxyl groups is 1. The number of carbonyl (C=O) groups excluding carboxylic acids is 2. The van der Waals surface area contributed by atoms with Gasteiger partial charge in [-0.2, -0.15) is 13.2 Å². The van der Waals surface area contributed by atoms with E-state index in [2.05, 4.69) is 5.32 Å². The Hall–Kier alpha value is -2.09. The summed E-state index contributed by atoms with van der Waals surface area (Å²) in [6.45, 7) is 3.59. The molecule has 0 aliphatic carbocycles. The van der Waals surface area contributed by atoms with Crippen molar-refractivity contribution < 1.29 is 27.9 Å². The molecule has 1 rings (SSSR count). The molecule has 24 heavy (non-hydrogen) atoms. The first-order chi connectivity index (χ1) is 11.0. The van der Waals surface area contributed by atoms with Gasteiger partial charge in [0.2, 0.25) is 11.8 Å². The van der Waals surface area contributed by atoms with Crippen molar-refractivity contribution in [2.45, 2.75) is 45.0 Å². The van der Waals surface area contributed by atoms with Crippen LogP contribution in [0.25, 0.3) is 0 Å². The van der Waals surface area contributed by atoms with Gasteiger partial charge in [0, 0.05) is 6.42 Å². The molecule has 0 aliphatic heterocycles. The normalized spacial score (nSPS) is 14.3. The molecule has 0 heterocycles. The summed E-state index contributed by atoms with van der Waals surface area (Å²) in [6.07, 6.45) is -6.19. The predicted octanol–water partition coefficient (Wildman–Crippen LogP) is 1.62. The molecule has 0 aromatic heterocycles. The number of nitrogens with two attached hydrogens (primary N) is 1. The van der Waals surface area contributed by atoms with Crippen molar-refractivity contribution in [3.8, 4) is 0 Å². The van der Waals surface area contributed by atoms with Crippen molar-refractivity contribution >= 4 is 11.8 Å². The lowest BCUT2D eigenvalue weighted by molar-refractivity contribution is -0.138. The van der Waals surface area contributed by atoms with E-state index in [1.807, 2.05) is 0 Å². The van der Waals surface area contributed by atoms with Gasteiger partial charge in [0.05, 0.1) is 5.56 Å². The SMILES string of the molecule is CC(C)C[C@H](O)C(=O)N[C@H](Cc1ccccc1C(F)(F)F)C(N)=O. The minimum absolute atomic E-state index is 0.0312. The lowest BCUT2D eigenvalue weighted by Crippen LogP contribution is -2.49. The van der Waals surface area contributed by atoms with Crippen molar-refractivity contribution in [1.82, 2.24) is 5.32 Å². The van der Waals surface area contributed by atoms with E-state index >= 15 is 0 Å². The molecule has 5 nitrogen and oxygen atoms in total. The highest BCUT2D eigenvalue weighted by Crippen LogP contribution is 2.32. The van der Waals surface area contributed by atoms with E-state index in [1.54, 1.807) is 13.8 Å². The fourth-order valence-electron chi connectivity index (χ4n) is 2.24. The highest BCUT2D eigenvalue weighted by Gasteiger charge is 2.34. The number of carbonyl (C=O) groups is 2. The molecule has 0 saturated heterocycles. The fourth-order valence-corrected chi connectivity index (χ4v) is 2.24. The van der Waals surface area contributed by atoms with Gasteiger partial charge in [-0.25, -0.2) is 0 Å². The van der Waals surface area contributed by atoms with Gasteiger partial charge in [-0.15, -0.1) is 0 Å². The van der Waals surface area contributed by atoms with E-state index in [0.29, 0.717) is 0 Å². The molecule has 1 aromatic carbocycles. The van der Waals surface area contributed by atoms with Crippen molar-refractivity contribution in [3.63, 3.8) is 0 Å². The maximum Gasteiger partial charge on any atom is 0.416 e. The summed E-state index contributed by atoms with van der Waals surface area (Å²) in [7, 11) is 0. The average Bonchev–Trinajstić information content (AvgIpc) is 2.45. The van der Waals surface area contributed by atoms with Gasteiger partial charge in [-0.05, 0) is 24.0 Å². The highest BCUT2D eigenvalue weighted by atomic mass is 19.4. The largest absolute Gasteiger partial charge is 0.416 e. The van der Waals surface area contributed by atoms with Crippen LogP contribution >= 0.6 is 0 Å². The molecule has 2 amide bonds. The minimum Gasteiger partial charge on any atom is -0.383 e. The molecule has 4 N–H and O–H groups in total. The maximum absolute atomic E-state index is 13.0. The summed E-state index contributed by atoms with van der Waals surface area (Å²) in [5, 5.41) is 11.9. The van der Waals surface area contributed by atoms with Crippen LogP contribution in [-0.2, 0) is 22.2 Å². The van der Waals surface area contributed by atoms with Gasteiger partial charge in [0.25, 0.3) is 0 Å². The van der Waals surface area contributed by atoms with E-state index < -0.39 is 42.1 Å². The number of nitrogens with one attached hydrogen (secondary N) is 1. The third kappa shape index (κ3) is 5.84. The Kier molecular flexibility index (Phi) is 6.77. The minimum atomic E-state index is -4.58. The van der Waals surface area contributed by atoms with E-state index in [0.717, 1.165) is 6.07 Å². The summed E-state index contributed by atoms with van der Waals surface area (Å²) in [6, 6.07) is 3.40. The zero-order valence-corrected chi connectivity index (χ0v) is 13.4. The summed E-state index contributed by atoms with van der Waals surface area (Å²) in [5.41, 5.74) is 4.12. The summed E-state index contributed by atoms with van der Waals surface area (Å²) >= 11 is 0. The molecule has 1 aromatic rings. The van der Waals surface area contributed by atoms with Crippen LogP contribution in [0.1, 0.15) is 31.4 Å². The molecule has 0 bridgehead atoms. The molecule has 2 atom stereocenters. The van der Waals surface area contributed by atoms with Gasteiger partial charge in [-0.3, -0.25) is 9.59 Å². The molecule has 8 heteroatoms. The number of rotatable bonds is 7. The number of hydrogen-bond acceptors (Lipinski definition) is 3. The van der Waals surface area contributed by atoms with Gasteiger partial charge >= 0.3 is 6.18 Å². The van der Waals surface area contributed by atoms with Crippen LogP contribution in [0, 0.1) is 5.92 Å². The van der Waals surface area contributed by atoms with Crippen molar-refractivity contribution in [2.75, 3.05) is 0 Å². The van der Waals surface area contributed by atoms with Crippen LogP contribution in [0.3, 0.4) is 0 Å². The predicted molar refractivity (Wildman–Crippen MR) is 81.7 cm³/mol. The van der Waals surface area contributed by atoms with Gasteiger partial charge in [-0.1, -0.05) is 32.0 Å². The first kappa shape index (κ1) is 20.0. The van der Waals surface area contributed by atoms with Crippen LogP contribution in [0.15, 0.2) is 24.3 Å². The molecular weight excluding hydrogens is 325 g/mol. The first-order valence-corrected chi connectivity index (χ1v) is 7.45. The van der Waals surface area contributed by atoms with E-state index in [4.69, 9.17) is 5.73 Å². The molecular formula is C16H21F3N2O3. The van der Waals surface area contributed by atoms with Crippen molar-refractivity contribution in [3.05, 3.63) is 35.4 Å². The van der Waals surface area contributed by atoms with Crippen molar-refractivity contribution in [1.29, 1.82) is 0 Å². The molecule has 0 unspecified atom stereocenters. The number of halogens is 3. The Labute approximate surface area is 138 Å². The molecule has 0 aliphatic rings. The molecule has 0 radical (unpaired) electrons. The van der Waals surface area contributed by atoms with Crippen LogP contribution in [0.5, 0.6) is 0 Å². The van der Waals surface area contributed by atoms with E-state index in [9.17, 15) is 27.9 Å². The number of amides is 2. The zero-order chi connectivity index (χ0) is 18.5. The number of hydrogen-bond donors (Lipinski definition) is 3. The average molecular weight is 346 g/mol. The Balaban J connectivity index is 2.93. The Morgan fingerprint density at radius 2 is 1.83 bits per heavy atom. The second kappa shape index (κ2) is 8.14. The van der Waals surface area contributed by atoms with Crippen molar-refractivity contribution in [2.24, 2.45) is 11.7 Å². The number of aliphatic hydroxyl groups excluding tert-OH is 1. The second-order valence-corrected chi connectivity index (χ2v) is 5.97. The number of primary amides is 1. The Morgan fingerprint density at radius 1 is 1.25 bits per heavy atom. The quantitative estimate of drug-likeness (QED) is 0.700. The lowest BCUT2D eigenvalue weighted by atomic mass is 9.98. The van der Waals surface area contributed by atoms with Gasteiger partial charge in [0.1, 0.15) is 12.1 Å². The van der Waals surface area contributed by atoms with E-state index in [1.165, 1.54) is 18.2 Å². The van der Waals surface area contributed by atoms with Crippen LogP contribution in [0.2, 0.25) is 0 Å². The summed E-state index contributed by atoms with van der Waals surface area (Å²) < 4.78 is 39.0. The standard InChI is InChI=1S/C16H21F3N2O3/c1-9(2)7-13(22)15(24)21-12(14(20)23)8-10-5-3-4-6-11(10)16(17,18)19/h3-6,9,12-13,22H,7-8H2,1-2H3,(H2,20,23)(H,21,24)/t12-,13+/m1/s1. The smallest absolute Gasteiger partial charge is 0.383 e. The third-order valence-electron chi connectivity index (χ3n) is 3.40. The van der Waals surface area contributed by atoms with Crippen LogP contribution in [-0.4, -0.2) is 29.1 Å². The molecule has 0 saturated carbocycles. The summed E-state index contributed by atoms with van der Waals surface area (Å²) in [5.74, 6) is -1.78. The Morgan fingerprint density at radius 3 is 2.33 bits per heavy atom. The maximum atomic E-state index is 13.0. The Bertz CT molecular complexity index is 588. The number of benzene rings is 1. The zero-order valence-electron chi connectivity index (χ0n) is 13.4. The lowest BCUT2D eigenvalue weighted by Gasteiger charge is -2.20. The fraction of sp³-hybridized carbons (Fsp3) is 0.500.